The van der Waals surface area contributed by atoms with Gasteiger partial charge in [-0.15, -0.1) is 0 Å². The lowest BCUT2D eigenvalue weighted by Gasteiger charge is -2.17. The van der Waals surface area contributed by atoms with Crippen molar-refractivity contribution in [3.05, 3.63) is 0 Å². The fraction of sp³-hybridized carbons (Fsp3) is 1.00. The molecule has 0 amide bonds. The summed E-state index contributed by atoms with van der Waals surface area (Å²) in [6.45, 7) is 6.56. The maximum atomic E-state index is 5.38. The van der Waals surface area contributed by atoms with E-state index in [2.05, 4.69) is 19.2 Å². The van der Waals surface area contributed by atoms with Crippen molar-refractivity contribution in [2.45, 2.75) is 57.0 Å². The highest BCUT2D eigenvalue weighted by molar-refractivity contribution is 6.46. The van der Waals surface area contributed by atoms with Gasteiger partial charge in [-0.05, 0) is 32.4 Å². The molecular formula is C15H35NO4Si2. The van der Waals surface area contributed by atoms with E-state index in [1.54, 1.807) is 28.4 Å². The Labute approximate surface area is 140 Å². The third-order valence-electron chi connectivity index (χ3n) is 3.85. The number of nitrogens with one attached hydrogen (secondary N) is 1. The molecule has 2 radical (unpaired) electrons. The van der Waals surface area contributed by atoms with Crippen LogP contribution < -0.4 is 5.32 Å². The number of rotatable bonds is 15. The van der Waals surface area contributed by atoms with Crippen LogP contribution in [0.2, 0.25) is 11.1 Å². The van der Waals surface area contributed by atoms with Gasteiger partial charge in [-0.25, -0.2) is 0 Å². The Morgan fingerprint density at radius 3 is 1.68 bits per heavy atom. The van der Waals surface area contributed by atoms with E-state index in [4.69, 9.17) is 17.7 Å². The van der Waals surface area contributed by atoms with Gasteiger partial charge in [-0.1, -0.05) is 26.7 Å². The quantitative estimate of drug-likeness (QED) is 0.364. The molecule has 0 saturated carbocycles. The Bertz CT molecular complexity index is 218. The SMILES string of the molecule is CO[Si](OC)C(C)CCCCCNCCC(C)[Si](OC)OC. The highest BCUT2D eigenvalue weighted by Gasteiger charge is 2.21. The van der Waals surface area contributed by atoms with Crippen LogP contribution in [0.1, 0.15) is 46.0 Å². The molecule has 0 aliphatic heterocycles. The van der Waals surface area contributed by atoms with E-state index in [-0.39, 0.29) is 0 Å². The zero-order valence-electron chi connectivity index (χ0n) is 15.2. The largest absolute Gasteiger partial charge is 0.397 e. The van der Waals surface area contributed by atoms with E-state index in [9.17, 15) is 0 Å². The van der Waals surface area contributed by atoms with Crippen molar-refractivity contribution in [3.63, 3.8) is 0 Å². The summed E-state index contributed by atoms with van der Waals surface area (Å²) in [5.41, 5.74) is 1.06. The average Bonchev–Trinajstić information content (AvgIpc) is 2.52. The number of hydrogen-bond acceptors (Lipinski definition) is 5. The maximum Gasteiger partial charge on any atom is 0.387 e. The van der Waals surface area contributed by atoms with Gasteiger partial charge in [-0.2, -0.15) is 0 Å². The summed E-state index contributed by atoms with van der Waals surface area (Å²) < 4.78 is 21.5. The lowest BCUT2D eigenvalue weighted by molar-refractivity contribution is 0.263. The van der Waals surface area contributed by atoms with Gasteiger partial charge in [-0.3, -0.25) is 0 Å². The van der Waals surface area contributed by atoms with Crippen LogP contribution in [0.5, 0.6) is 0 Å². The van der Waals surface area contributed by atoms with Crippen LogP contribution in [0.25, 0.3) is 0 Å². The van der Waals surface area contributed by atoms with Gasteiger partial charge in [0.2, 0.25) is 0 Å². The first kappa shape index (κ1) is 22.2. The molecule has 132 valence electrons. The predicted octanol–water partition coefficient (Wildman–Crippen LogP) is 2.87. The Kier molecular flexibility index (Phi) is 15.0. The zero-order chi connectivity index (χ0) is 16.8. The van der Waals surface area contributed by atoms with Crippen molar-refractivity contribution in [2.75, 3.05) is 41.5 Å². The van der Waals surface area contributed by atoms with Crippen molar-refractivity contribution < 1.29 is 17.7 Å². The van der Waals surface area contributed by atoms with E-state index in [1.165, 1.54) is 25.7 Å². The van der Waals surface area contributed by atoms with Crippen molar-refractivity contribution >= 4 is 18.6 Å². The second-order valence-electron chi connectivity index (χ2n) is 5.64. The first-order valence-electron chi connectivity index (χ1n) is 8.21. The summed E-state index contributed by atoms with van der Waals surface area (Å²) in [4.78, 5) is 0. The molecule has 0 aromatic rings. The molecular weight excluding hydrogens is 314 g/mol. The average molecular weight is 350 g/mol. The molecule has 0 aromatic carbocycles. The summed E-state index contributed by atoms with van der Waals surface area (Å²) in [6, 6.07) is 0. The minimum atomic E-state index is -1.09. The summed E-state index contributed by atoms with van der Waals surface area (Å²) in [5, 5.41) is 3.51. The van der Waals surface area contributed by atoms with Gasteiger partial charge in [0.05, 0.1) is 0 Å². The fourth-order valence-corrected chi connectivity index (χ4v) is 5.29. The van der Waals surface area contributed by atoms with Crippen LogP contribution in [0, 0.1) is 0 Å². The Morgan fingerprint density at radius 1 is 0.682 bits per heavy atom. The summed E-state index contributed by atoms with van der Waals surface area (Å²) >= 11 is 0. The fourth-order valence-electron chi connectivity index (χ4n) is 2.53. The normalized spacial score (nSPS) is 14.7. The summed E-state index contributed by atoms with van der Waals surface area (Å²) in [5.74, 6) is 0. The third-order valence-corrected chi connectivity index (χ3v) is 7.65. The standard InChI is InChI=1S/C15H35NO4Si2/c1-14(21(17-3)18-4)10-8-7-9-12-16-13-11-15(2)22(19-5)20-6/h14-16H,7-13H2,1-6H3. The number of hydrogen-bond donors (Lipinski definition) is 1. The van der Waals surface area contributed by atoms with Crippen molar-refractivity contribution in [2.24, 2.45) is 0 Å². The lowest BCUT2D eigenvalue weighted by Crippen LogP contribution is -2.27. The van der Waals surface area contributed by atoms with E-state index < -0.39 is 18.6 Å². The van der Waals surface area contributed by atoms with Crippen LogP contribution in [0.3, 0.4) is 0 Å². The molecule has 0 aliphatic carbocycles. The van der Waals surface area contributed by atoms with Crippen LogP contribution in [-0.2, 0) is 17.7 Å². The molecule has 7 heteroatoms. The molecule has 0 bridgehead atoms. The van der Waals surface area contributed by atoms with Crippen LogP contribution in [-0.4, -0.2) is 60.1 Å². The highest BCUT2D eigenvalue weighted by Crippen LogP contribution is 2.19. The molecule has 5 nitrogen and oxygen atoms in total. The van der Waals surface area contributed by atoms with Crippen LogP contribution in [0.4, 0.5) is 0 Å². The molecule has 1 N–H and O–H groups in total. The second-order valence-corrected chi connectivity index (χ2v) is 10.5. The van der Waals surface area contributed by atoms with Crippen LogP contribution >= 0.6 is 0 Å². The first-order chi connectivity index (χ1) is 10.6. The van der Waals surface area contributed by atoms with Crippen molar-refractivity contribution in [1.82, 2.24) is 5.32 Å². The molecule has 0 saturated heterocycles. The molecule has 0 heterocycles. The van der Waals surface area contributed by atoms with Crippen molar-refractivity contribution in [1.29, 1.82) is 0 Å². The molecule has 0 aromatic heterocycles. The van der Waals surface area contributed by atoms with Gasteiger partial charge in [0.1, 0.15) is 0 Å². The molecule has 0 rings (SSSR count). The Hall–Kier alpha value is 0.234. The van der Waals surface area contributed by atoms with Gasteiger partial charge in [0, 0.05) is 39.5 Å². The third kappa shape index (κ3) is 10.1. The molecule has 2 atom stereocenters. The van der Waals surface area contributed by atoms with Gasteiger partial charge >= 0.3 is 18.6 Å². The smallest absolute Gasteiger partial charge is 0.387 e. The highest BCUT2D eigenvalue weighted by atomic mass is 28.3. The predicted molar refractivity (Wildman–Crippen MR) is 94.3 cm³/mol. The Morgan fingerprint density at radius 2 is 1.18 bits per heavy atom. The van der Waals surface area contributed by atoms with Crippen molar-refractivity contribution in [3.8, 4) is 0 Å². The van der Waals surface area contributed by atoms with Gasteiger partial charge in [0.25, 0.3) is 0 Å². The van der Waals surface area contributed by atoms with E-state index >= 15 is 0 Å². The maximum absolute atomic E-state index is 5.38. The van der Waals surface area contributed by atoms with Crippen LogP contribution in [0.15, 0.2) is 0 Å². The monoisotopic (exact) mass is 349 g/mol. The molecule has 2 unspecified atom stereocenters. The second kappa shape index (κ2) is 14.8. The van der Waals surface area contributed by atoms with Gasteiger partial charge in [0.15, 0.2) is 0 Å². The van der Waals surface area contributed by atoms with E-state index in [0.29, 0.717) is 11.1 Å². The summed E-state index contributed by atoms with van der Waals surface area (Å²) in [7, 11) is 4.83. The number of unbranched alkanes of at least 4 members (excludes halogenated alkanes) is 2. The molecule has 0 spiro atoms. The van der Waals surface area contributed by atoms with Gasteiger partial charge < -0.3 is 23.0 Å². The minimum Gasteiger partial charge on any atom is -0.397 e. The molecule has 0 aliphatic rings. The van der Waals surface area contributed by atoms with E-state index in [1.807, 2.05) is 0 Å². The summed E-state index contributed by atoms with van der Waals surface area (Å²) in [6.07, 6.45) is 6.05. The molecule has 0 fully saturated rings. The first-order valence-corrected chi connectivity index (χ1v) is 11.0. The minimum absolute atomic E-state index is 0.511. The van der Waals surface area contributed by atoms with E-state index in [0.717, 1.165) is 19.5 Å². The zero-order valence-corrected chi connectivity index (χ0v) is 17.2. The lowest BCUT2D eigenvalue weighted by atomic mass is 10.1. The Balaban J connectivity index is 3.47. The topological polar surface area (TPSA) is 49.0 Å². The molecule has 22 heavy (non-hydrogen) atoms.